The maximum absolute atomic E-state index is 4.37. The van der Waals surface area contributed by atoms with E-state index in [0.29, 0.717) is 0 Å². The first-order valence-corrected chi connectivity index (χ1v) is 8.69. The van der Waals surface area contributed by atoms with Gasteiger partial charge in [0.2, 0.25) is 0 Å². The van der Waals surface area contributed by atoms with Crippen LogP contribution in [0.5, 0.6) is 0 Å². The Morgan fingerprint density at radius 1 is 1.36 bits per heavy atom. The zero-order chi connectivity index (χ0) is 10.4. The Balaban J connectivity index is 2.35. The van der Waals surface area contributed by atoms with Gasteiger partial charge < -0.3 is 0 Å². The Morgan fingerprint density at radius 2 is 2.14 bits per heavy atom. The van der Waals surface area contributed by atoms with Crippen LogP contribution in [-0.2, 0) is 0 Å². The van der Waals surface area contributed by atoms with Gasteiger partial charge in [-0.15, -0.1) is 0 Å². The highest BCUT2D eigenvalue weighted by molar-refractivity contribution is 6.76. The second-order valence-electron chi connectivity index (χ2n) is 4.60. The number of hydrogen-bond donors (Lipinski definition) is 0. The van der Waals surface area contributed by atoms with E-state index in [2.05, 4.69) is 29.6 Å². The average molecular weight is 206 g/mol. The van der Waals surface area contributed by atoms with Crippen molar-refractivity contribution in [2.75, 3.05) is 6.54 Å². The van der Waals surface area contributed by atoms with Gasteiger partial charge in [-0.05, 0) is 18.2 Å². The molecule has 0 atom stereocenters. The molecule has 0 amide bonds. The van der Waals surface area contributed by atoms with Crippen molar-refractivity contribution in [1.82, 2.24) is 4.98 Å². The minimum Gasteiger partial charge on any atom is -0.291 e. The molecule has 0 aliphatic carbocycles. The highest BCUT2D eigenvalue weighted by Gasteiger charge is 2.10. The lowest BCUT2D eigenvalue weighted by Crippen LogP contribution is -2.20. The molecule has 0 fully saturated rings. The molecule has 0 unspecified atom stereocenters. The summed E-state index contributed by atoms with van der Waals surface area (Å²) >= 11 is 0. The van der Waals surface area contributed by atoms with Crippen molar-refractivity contribution in [3.05, 3.63) is 30.1 Å². The van der Waals surface area contributed by atoms with Crippen molar-refractivity contribution >= 4 is 14.3 Å². The number of nitrogens with zero attached hydrogens (tertiary/aromatic N) is 2. The summed E-state index contributed by atoms with van der Waals surface area (Å²) in [4.78, 5) is 8.55. The molecule has 0 N–H and O–H groups in total. The van der Waals surface area contributed by atoms with Crippen LogP contribution in [0.15, 0.2) is 29.4 Å². The van der Waals surface area contributed by atoms with E-state index >= 15 is 0 Å². The first-order valence-electron chi connectivity index (χ1n) is 4.99. The summed E-state index contributed by atoms with van der Waals surface area (Å²) in [6.07, 6.45) is 3.65. The highest BCUT2D eigenvalue weighted by Crippen LogP contribution is 2.07. The van der Waals surface area contributed by atoms with E-state index in [1.54, 1.807) is 6.20 Å². The first-order chi connectivity index (χ1) is 6.58. The maximum Gasteiger partial charge on any atom is 0.0807 e. The monoisotopic (exact) mass is 206 g/mol. The van der Waals surface area contributed by atoms with Crippen molar-refractivity contribution in [3.63, 3.8) is 0 Å². The van der Waals surface area contributed by atoms with Crippen LogP contribution < -0.4 is 0 Å². The largest absolute Gasteiger partial charge is 0.291 e. The van der Waals surface area contributed by atoms with Gasteiger partial charge in [0.05, 0.1) is 5.69 Å². The zero-order valence-electron chi connectivity index (χ0n) is 9.20. The van der Waals surface area contributed by atoms with Crippen molar-refractivity contribution in [2.24, 2.45) is 4.99 Å². The number of hydrogen-bond acceptors (Lipinski definition) is 2. The summed E-state index contributed by atoms with van der Waals surface area (Å²) in [6.45, 7) is 8.03. The SMILES string of the molecule is C[Si](C)(C)CCN=Cc1ccccn1. The van der Waals surface area contributed by atoms with E-state index in [1.165, 1.54) is 6.04 Å². The molecule has 0 saturated heterocycles. The van der Waals surface area contributed by atoms with Crippen molar-refractivity contribution < 1.29 is 0 Å². The molecule has 1 rings (SSSR count). The Hall–Kier alpha value is -0.963. The van der Waals surface area contributed by atoms with Gasteiger partial charge in [0.15, 0.2) is 0 Å². The summed E-state index contributed by atoms with van der Waals surface area (Å²) in [5.74, 6) is 0. The Labute approximate surface area is 87.1 Å². The standard InChI is InChI=1S/C11H18N2Si/c1-14(2,3)9-8-12-10-11-6-4-5-7-13-11/h4-7,10H,8-9H2,1-3H3. The molecular weight excluding hydrogens is 188 g/mol. The lowest BCUT2D eigenvalue weighted by molar-refractivity contribution is 1.09. The average Bonchev–Trinajstić information content (AvgIpc) is 2.13. The quantitative estimate of drug-likeness (QED) is 0.549. The summed E-state index contributed by atoms with van der Waals surface area (Å²) in [5.41, 5.74) is 0.947. The van der Waals surface area contributed by atoms with Gasteiger partial charge in [-0.3, -0.25) is 9.98 Å². The van der Waals surface area contributed by atoms with Gasteiger partial charge in [-0.2, -0.15) is 0 Å². The predicted molar refractivity (Wildman–Crippen MR) is 64.9 cm³/mol. The molecule has 0 radical (unpaired) electrons. The second-order valence-corrected chi connectivity index (χ2v) is 10.2. The lowest BCUT2D eigenvalue weighted by Gasteiger charge is -2.12. The minimum absolute atomic E-state index is 0.930. The molecule has 0 bridgehead atoms. The molecule has 76 valence electrons. The molecule has 1 heterocycles. The second kappa shape index (κ2) is 5.05. The molecule has 3 heteroatoms. The fourth-order valence-corrected chi connectivity index (χ4v) is 1.81. The molecular formula is C11H18N2Si. The highest BCUT2D eigenvalue weighted by atomic mass is 28.3. The van der Waals surface area contributed by atoms with Crippen molar-refractivity contribution in [2.45, 2.75) is 25.7 Å². The van der Waals surface area contributed by atoms with Crippen LogP contribution in [0.4, 0.5) is 0 Å². The number of pyridine rings is 1. The Kier molecular flexibility index (Phi) is 4.01. The molecule has 14 heavy (non-hydrogen) atoms. The molecule has 0 saturated carbocycles. The lowest BCUT2D eigenvalue weighted by atomic mass is 10.4. The molecule has 0 spiro atoms. The van der Waals surface area contributed by atoms with E-state index in [0.717, 1.165) is 12.2 Å². The van der Waals surface area contributed by atoms with Gasteiger partial charge in [0.25, 0.3) is 0 Å². The fraction of sp³-hybridized carbons (Fsp3) is 0.455. The molecule has 0 aliphatic heterocycles. The number of rotatable bonds is 4. The topological polar surface area (TPSA) is 25.2 Å². The smallest absolute Gasteiger partial charge is 0.0807 e. The molecule has 0 aliphatic rings. The first kappa shape index (κ1) is 11.1. The van der Waals surface area contributed by atoms with Crippen LogP contribution in [0.3, 0.4) is 0 Å². The molecule has 2 nitrogen and oxygen atoms in total. The van der Waals surface area contributed by atoms with E-state index in [1.807, 2.05) is 24.4 Å². The summed E-state index contributed by atoms with van der Waals surface area (Å²) in [5, 5.41) is 0. The van der Waals surface area contributed by atoms with Crippen LogP contribution in [0.25, 0.3) is 0 Å². The zero-order valence-corrected chi connectivity index (χ0v) is 10.2. The van der Waals surface area contributed by atoms with Crippen LogP contribution in [0, 0.1) is 0 Å². The minimum atomic E-state index is -0.930. The number of aliphatic imine (C=N–C) groups is 1. The fourth-order valence-electron chi connectivity index (χ4n) is 1.01. The van der Waals surface area contributed by atoms with E-state index < -0.39 is 8.07 Å². The summed E-state index contributed by atoms with van der Waals surface area (Å²) < 4.78 is 0. The molecule has 1 aromatic heterocycles. The maximum atomic E-state index is 4.37. The third-order valence-electron chi connectivity index (χ3n) is 1.90. The normalized spacial score (nSPS) is 12.2. The third kappa shape index (κ3) is 4.92. The van der Waals surface area contributed by atoms with Crippen LogP contribution in [0.1, 0.15) is 5.69 Å². The van der Waals surface area contributed by atoms with Crippen LogP contribution >= 0.6 is 0 Å². The predicted octanol–water partition coefficient (Wildman–Crippen LogP) is 2.84. The molecule has 1 aromatic rings. The number of aromatic nitrogens is 1. The van der Waals surface area contributed by atoms with E-state index in [9.17, 15) is 0 Å². The van der Waals surface area contributed by atoms with Crippen molar-refractivity contribution in [3.8, 4) is 0 Å². The van der Waals surface area contributed by atoms with Crippen LogP contribution in [0.2, 0.25) is 25.7 Å². The Bertz CT molecular complexity index is 288. The van der Waals surface area contributed by atoms with Gasteiger partial charge in [-0.1, -0.05) is 25.7 Å². The van der Waals surface area contributed by atoms with Gasteiger partial charge in [0, 0.05) is 27.0 Å². The van der Waals surface area contributed by atoms with E-state index in [4.69, 9.17) is 0 Å². The molecule has 0 aromatic carbocycles. The van der Waals surface area contributed by atoms with Gasteiger partial charge in [0.1, 0.15) is 0 Å². The summed E-state index contributed by atoms with van der Waals surface area (Å²) in [7, 11) is -0.930. The van der Waals surface area contributed by atoms with E-state index in [-0.39, 0.29) is 0 Å². The van der Waals surface area contributed by atoms with Crippen molar-refractivity contribution in [1.29, 1.82) is 0 Å². The van der Waals surface area contributed by atoms with Gasteiger partial charge >= 0.3 is 0 Å². The summed E-state index contributed by atoms with van der Waals surface area (Å²) in [6, 6.07) is 7.11. The Morgan fingerprint density at radius 3 is 2.71 bits per heavy atom. The van der Waals surface area contributed by atoms with Crippen LogP contribution in [-0.4, -0.2) is 25.8 Å². The van der Waals surface area contributed by atoms with Gasteiger partial charge in [-0.25, -0.2) is 0 Å². The third-order valence-corrected chi connectivity index (χ3v) is 3.63.